The van der Waals surface area contributed by atoms with Gasteiger partial charge in [-0.05, 0) is 41.4 Å². The third-order valence-electron chi connectivity index (χ3n) is 3.08. The van der Waals surface area contributed by atoms with Crippen molar-refractivity contribution >= 4 is 17.0 Å². The van der Waals surface area contributed by atoms with E-state index < -0.39 is 5.79 Å². The van der Waals surface area contributed by atoms with Crippen molar-refractivity contribution in [1.29, 1.82) is 0 Å². The molecule has 1 atom stereocenters. The van der Waals surface area contributed by atoms with Gasteiger partial charge in [0.25, 0.3) is 0 Å². The van der Waals surface area contributed by atoms with Crippen LogP contribution in [0.2, 0.25) is 0 Å². The highest BCUT2D eigenvalue weighted by Gasteiger charge is 2.31. The standard InChI is InChI=1S/C15H17NO2S/c1-10(11-6-7-19-9-11)16-12-4-5-13-14(8-12)18-15(2,3)17-13/h4-10,16H,1-3H3. The number of fused-ring (bicyclic) bond motifs is 1. The number of hydrogen-bond acceptors (Lipinski definition) is 4. The van der Waals surface area contributed by atoms with Crippen molar-refractivity contribution in [2.75, 3.05) is 5.32 Å². The van der Waals surface area contributed by atoms with E-state index >= 15 is 0 Å². The first kappa shape index (κ1) is 12.4. The molecule has 2 heterocycles. The van der Waals surface area contributed by atoms with Crippen LogP contribution < -0.4 is 14.8 Å². The molecule has 2 aromatic rings. The quantitative estimate of drug-likeness (QED) is 0.899. The van der Waals surface area contributed by atoms with Gasteiger partial charge in [0.2, 0.25) is 5.79 Å². The molecule has 1 aliphatic rings. The number of anilines is 1. The first-order chi connectivity index (χ1) is 9.03. The van der Waals surface area contributed by atoms with E-state index in [-0.39, 0.29) is 6.04 Å². The molecule has 0 radical (unpaired) electrons. The van der Waals surface area contributed by atoms with Crippen molar-refractivity contribution in [3.05, 3.63) is 40.6 Å². The SMILES string of the molecule is CC(Nc1ccc2c(c1)OC(C)(C)O2)c1ccsc1. The minimum absolute atomic E-state index is 0.277. The topological polar surface area (TPSA) is 30.5 Å². The molecular weight excluding hydrogens is 258 g/mol. The number of thiophene rings is 1. The maximum Gasteiger partial charge on any atom is 0.246 e. The molecule has 3 nitrogen and oxygen atoms in total. The lowest BCUT2D eigenvalue weighted by Crippen LogP contribution is -2.29. The average molecular weight is 275 g/mol. The minimum atomic E-state index is -0.570. The van der Waals surface area contributed by atoms with Crippen molar-refractivity contribution < 1.29 is 9.47 Å². The number of benzene rings is 1. The molecule has 0 spiro atoms. The molecule has 0 fully saturated rings. The Morgan fingerprint density at radius 3 is 2.68 bits per heavy atom. The van der Waals surface area contributed by atoms with E-state index in [0.29, 0.717) is 0 Å². The normalized spacial score (nSPS) is 17.2. The van der Waals surface area contributed by atoms with Crippen LogP contribution in [0.1, 0.15) is 32.4 Å². The fraction of sp³-hybridized carbons (Fsp3) is 0.333. The van der Waals surface area contributed by atoms with Crippen LogP contribution in [0, 0.1) is 0 Å². The Morgan fingerprint density at radius 2 is 1.95 bits per heavy atom. The van der Waals surface area contributed by atoms with Gasteiger partial charge < -0.3 is 14.8 Å². The highest BCUT2D eigenvalue weighted by molar-refractivity contribution is 7.07. The van der Waals surface area contributed by atoms with E-state index in [1.54, 1.807) is 11.3 Å². The summed E-state index contributed by atoms with van der Waals surface area (Å²) < 4.78 is 11.4. The summed E-state index contributed by atoms with van der Waals surface area (Å²) in [5.41, 5.74) is 2.33. The maximum absolute atomic E-state index is 5.75. The van der Waals surface area contributed by atoms with E-state index in [0.717, 1.165) is 17.2 Å². The zero-order valence-electron chi connectivity index (χ0n) is 11.3. The lowest BCUT2D eigenvalue weighted by atomic mass is 10.1. The van der Waals surface area contributed by atoms with Crippen LogP contribution in [0.4, 0.5) is 5.69 Å². The highest BCUT2D eigenvalue weighted by atomic mass is 32.1. The Bertz CT molecular complexity index is 578. The Hall–Kier alpha value is -1.68. The van der Waals surface area contributed by atoms with Gasteiger partial charge in [-0.3, -0.25) is 0 Å². The van der Waals surface area contributed by atoms with E-state index in [2.05, 4.69) is 29.1 Å². The molecule has 1 aromatic heterocycles. The second-order valence-corrected chi connectivity index (χ2v) is 5.97. The molecule has 0 aliphatic carbocycles. The third-order valence-corrected chi connectivity index (χ3v) is 3.78. The van der Waals surface area contributed by atoms with Crippen LogP contribution in [0.25, 0.3) is 0 Å². The van der Waals surface area contributed by atoms with Gasteiger partial charge in [0.1, 0.15) is 0 Å². The van der Waals surface area contributed by atoms with E-state index in [1.807, 2.05) is 32.0 Å². The first-order valence-corrected chi connectivity index (χ1v) is 7.28. The fourth-order valence-corrected chi connectivity index (χ4v) is 2.92. The molecule has 1 aromatic carbocycles. The number of hydrogen-bond donors (Lipinski definition) is 1. The molecule has 0 bridgehead atoms. The summed E-state index contributed by atoms with van der Waals surface area (Å²) in [6.45, 7) is 5.97. The van der Waals surface area contributed by atoms with Crippen molar-refractivity contribution in [3.8, 4) is 11.5 Å². The van der Waals surface area contributed by atoms with E-state index in [9.17, 15) is 0 Å². The number of ether oxygens (including phenoxy) is 2. The van der Waals surface area contributed by atoms with Crippen LogP contribution in [0.15, 0.2) is 35.0 Å². The summed E-state index contributed by atoms with van der Waals surface area (Å²) in [4.78, 5) is 0. The summed E-state index contributed by atoms with van der Waals surface area (Å²) in [6, 6.07) is 8.38. The Labute approximate surface area is 117 Å². The number of rotatable bonds is 3. The van der Waals surface area contributed by atoms with E-state index in [4.69, 9.17) is 9.47 Å². The van der Waals surface area contributed by atoms with Crippen LogP contribution in [-0.2, 0) is 0 Å². The maximum atomic E-state index is 5.75. The molecule has 0 saturated heterocycles. The lowest BCUT2D eigenvalue weighted by molar-refractivity contribution is -0.0431. The summed E-state index contributed by atoms with van der Waals surface area (Å²) in [5, 5.41) is 7.73. The minimum Gasteiger partial charge on any atom is -0.449 e. The van der Waals surface area contributed by atoms with Gasteiger partial charge in [-0.1, -0.05) is 0 Å². The predicted octanol–water partition coefficient (Wildman–Crippen LogP) is 4.43. The van der Waals surface area contributed by atoms with Gasteiger partial charge in [0.05, 0.1) is 0 Å². The largest absolute Gasteiger partial charge is 0.449 e. The second-order valence-electron chi connectivity index (χ2n) is 5.19. The molecule has 1 unspecified atom stereocenters. The van der Waals surface area contributed by atoms with Crippen molar-refractivity contribution in [1.82, 2.24) is 0 Å². The van der Waals surface area contributed by atoms with Gasteiger partial charge in [-0.2, -0.15) is 11.3 Å². The molecular formula is C15H17NO2S. The molecule has 1 N–H and O–H groups in total. The number of nitrogens with one attached hydrogen (secondary N) is 1. The fourth-order valence-electron chi connectivity index (χ4n) is 2.17. The van der Waals surface area contributed by atoms with Crippen molar-refractivity contribution in [2.45, 2.75) is 32.6 Å². The van der Waals surface area contributed by atoms with Gasteiger partial charge in [0, 0.05) is 31.6 Å². The lowest BCUT2D eigenvalue weighted by Gasteiger charge is -2.16. The van der Waals surface area contributed by atoms with Crippen LogP contribution in [-0.4, -0.2) is 5.79 Å². The Morgan fingerprint density at radius 1 is 1.16 bits per heavy atom. The Balaban J connectivity index is 1.77. The average Bonchev–Trinajstić information content (AvgIpc) is 2.93. The van der Waals surface area contributed by atoms with Crippen molar-refractivity contribution in [3.63, 3.8) is 0 Å². The predicted molar refractivity (Wildman–Crippen MR) is 78.1 cm³/mol. The monoisotopic (exact) mass is 275 g/mol. The first-order valence-electron chi connectivity index (χ1n) is 6.34. The highest BCUT2D eigenvalue weighted by Crippen LogP contribution is 2.41. The molecule has 3 rings (SSSR count). The molecule has 19 heavy (non-hydrogen) atoms. The summed E-state index contributed by atoms with van der Waals surface area (Å²) in [7, 11) is 0. The Kier molecular flexibility index (Phi) is 2.90. The van der Waals surface area contributed by atoms with E-state index in [1.165, 1.54) is 5.56 Å². The van der Waals surface area contributed by atoms with Crippen LogP contribution >= 0.6 is 11.3 Å². The van der Waals surface area contributed by atoms with Gasteiger partial charge in [-0.25, -0.2) is 0 Å². The van der Waals surface area contributed by atoms with Crippen LogP contribution in [0.3, 0.4) is 0 Å². The summed E-state index contributed by atoms with van der Waals surface area (Å²) in [5.74, 6) is 1.03. The van der Waals surface area contributed by atoms with Crippen LogP contribution in [0.5, 0.6) is 11.5 Å². The van der Waals surface area contributed by atoms with Gasteiger partial charge in [0.15, 0.2) is 11.5 Å². The van der Waals surface area contributed by atoms with Crippen molar-refractivity contribution in [2.24, 2.45) is 0 Å². The molecule has 0 amide bonds. The smallest absolute Gasteiger partial charge is 0.246 e. The molecule has 4 heteroatoms. The summed E-state index contributed by atoms with van der Waals surface area (Å²) >= 11 is 1.71. The van der Waals surface area contributed by atoms with Gasteiger partial charge in [-0.15, -0.1) is 0 Å². The summed E-state index contributed by atoms with van der Waals surface area (Å²) in [6.07, 6.45) is 0. The van der Waals surface area contributed by atoms with Gasteiger partial charge >= 0.3 is 0 Å². The zero-order valence-corrected chi connectivity index (χ0v) is 12.1. The zero-order chi connectivity index (χ0) is 13.5. The molecule has 1 aliphatic heterocycles. The third kappa shape index (κ3) is 2.54. The molecule has 100 valence electrons. The second kappa shape index (κ2) is 4.46. The molecule has 0 saturated carbocycles.